The van der Waals surface area contributed by atoms with E-state index in [2.05, 4.69) is 13.5 Å². The second-order valence-electron chi connectivity index (χ2n) is 5.42. The molecule has 0 aliphatic rings. The highest BCUT2D eigenvalue weighted by atomic mass is 16.5. The fourth-order valence-electron chi connectivity index (χ4n) is 1.76. The first kappa shape index (κ1) is 19.7. The first-order chi connectivity index (χ1) is 10.1. The van der Waals surface area contributed by atoms with Gasteiger partial charge in [-0.1, -0.05) is 44.6 Å². The van der Waals surface area contributed by atoms with Gasteiger partial charge in [0.2, 0.25) is 0 Å². The van der Waals surface area contributed by atoms with Crippen LogP contribution in [-0.2, 0) is 19.1 Å². The molecule has 0 aliphatic carbocycles. The van der Waals surface area contributed by atoms with Crippen molar-refractivity contribution in [3.8, 4) is 0 Å². The van der Waals surface area contributed by atoms with E-state index in [-0.39, 0.29) is 24.8 Å². The van der Waals surface area contributed by atoms with Crippen LogP contribution < -0.4 is 0 Å². The topological polar surface area (TPSA) is 52.6 Å². The Morgan fingerprint density at radius 2 is 1.33 bits per heavy atom. The highest BCUT2D eigenvalue weighted by Gasteiger charge is 2.08. The molecule has 0 aromatic rings. The van der Waals surface area contributed by atoms with Crippen LogP contribution in [0.15, 0.2) is 12.2 Å². The standard InChI is InChI=1S/C17H30O4/c1-4-5-6-7-8-9-13-20-16(18)10-11-17(19)21-14-12-15(2)3/h2,4-14H2,1,3H3. The summed E-state index contributed by atoms with van der Waals surface area (Å²) in [4.78, 5) is 22.8. The molecule has 4 heteroatoms. The summed E-state index contributed by atoms with van der Waals surface area (Å²) in [6.45, 7) is 8.58. The molecule has 122 valence electrons. The average Bonchev–Trinajstić information content (AvgIpc) is 2.43. The van der Waals surface area contributed by atoms with Crippen molar-refractivity contribution < 1.29 is 19.1 Å². The third kappa shape index (κ3) is 14.9. The molecular weight excluding hydrogens is 268 g/mol. The minimum atomic E-state index is -0.354. The number of hydrogen-bond acceptors (Lipinski definition) is 4. The Labute approximate surface area is 128 Å². The third-order valence-electron chi connectivity index (χ3n) is 3.09. The number of carbonyl (C=O) groups is 2. The highest BCUT2D eigenvalue weighted by molar-refractivity contribution is 5.77. The van der Waals surface area contributed by atoms with Crippen LogP contribution in [0.2, 0.25) is 0 Å². The summed E-state index contributed by atoms with van der Waals surface area (Å²) in [5.41, 5.74) is 0.973. The Morgan fingerprint density at radius 1 is 0.810 bits per heavy atom. The smallest absolute Gasteiger partial charge is 0.306 e. The molecule has 0 fully saturated rings. The van der Waals surface area contributed by atoms with Gasteiger partial charge in [0.25, 0.3) is 0 Å². The van der Waals surface area contributed by atoms with Crippen LogP contribution in [0.25, 0.3) is 0 Å². The molecule has 0 aromatic carbocycles. The summed E-state index contributed by atoms with van der Waals surface area (Å²) in [7, 11) is 0. The Morgan fingerprint density at radius 3 is 1.90 bits per heavy atom. The Hall–Kier alpha value is -1.32. The van der Waals surface area contributed by atoms with Gasteiger partial charge in [0, 0.05) is 6.42 Å². The van der Waals surface area contributed by atoms with Crippen LogP contribution in [0.5, 0.6) is 0 Å². The molecule has 0 amide bonds. The van der Waals surface area contributed by atoms with E-state index in [1.807, 2.05) is 6.92 Å². The van der Waals surface area contributed by atoms with Crippen molar-refractivity contribution in [2.75, 3.05) is 13.2 Å². The highest BCUT2D eigenvalue weighted by Crippen LogP contribution is 2.05. The lowest BCUT2D eigenvalue weighted by molar-refractivity contribution is -0.150. The molecule has 0 aliphatic heterocycles. The number of hydrogen-bond donors (Lipinski definition) is 0. The van der Waals surface area contributed by atoms with Crippen molar-refractivity contribution in [2.45, 2.75) is 71.6 Å². The van der Waals surface area contributed by atoms with Gasteiger partial charge in [-0.3, -0.25) is 9.59 Å². The molecule has 0 saturated heterocycles. The number of ether oxygens (including phenoxy) is 2. The zero-order valence-corrected chi connectivity index (χ0v) is 13.6. The van der Waals surface area contributed by atoms with Crippen molar-refractivity contribution in [1.29, 1.82) is 0 Å². The van der Waals surface area contributed by atoms with Crippen LogP contribution in [-0.4, -0.2) is 25.2 Å². The fraction of sp³-hybridized carbons (Fsp3) is 0.765. The number of esters is 2. The maximum absolute atomic E-state index is 11.4. The molecule has 0 saturated carbocycles. The number of carbonyl (C=O) groups excluding carboxylic acids is 2. The lowest BCUT2D eigenvalue weighted by Crippen LogP contribution is -2.11. The van der Waals surface area contributed by atoms with E-state index < -0.39 is 0 Å². The van der Waals surface area contributed by atoms with Crippen molar-refractivity contribution >= 4 is 11.9 Å². The van der Waals surface area contributed by atoms with Crippen LogP contribution in [0.3, 0.4) is 0 Å². The number of rotatable bonds is 13. The van der Waals surface area contributed by atoms with Crippen molar-refractivity contribution in [2.24, 2.45) is 0 Å². The molecule has 0 radical (unpaired) electrons. The van der Waals surface area contributed by atoms with E-state index in [0.29, 0.717) is 19.6 Å². The third-order valence-corrected chi connectivity index (χ3v) is 3.09. The fourth-order valence-corrected chi connectivity index (χ4v) is 1.76. The summed E-state index contributed by atoms with van der Waals surface area (Å²) >= 11 is 0. The van der Waals surface area contributed by atoms with Gasteiger partial charge in [0.15, 0.2) is 0 Å². The van der Waals surface area contributed by atoms with Crippen LogP contribution in [0, 0.1) is 0 Å². The van der Waals surface area contributed by atoms with Gasteiger partial charge in [-0.05, 0) is 13.3 Å². The van der Waals surface area contributed by atoms with E-state index >= 15 is 0 Å². The van der Waals surface area contributed by atoms with E-state index in [4.69, 9.17) is 9.47 Å². The lowest BCUT2D eigenvalue weighted by Gasteiger charge is -2.06. The summed E-state index contributed by atoms with van der Waals surface area (Å²) in [6.07, 6.45) is 7.79. The zero-order valence-electron chi connectivity index (χ0n) is 13.6. The van der Waals surface area contributed by atoms with Crippen LogP contribution >= 0.6 is 0 Å². The maximum Gasteiger partial charge on any atom is 0.306 e. The van der Waals surface area contributed by atoms with Gasteiger partial charge in [-0.2, -0.15) is 0 Å². The van der Waals surface area contributed by atoms with E-state index in [0.717, 1.165) is 18.4 Å². The predicted octanol–water partition coefficient (Wildman–Crippen LogP) is 4.18. The SMILES string of the molecule is C=C(C)CCOC(=O)CCC(=O)OCCCCCCCC. The van der Waals surface area contributed by atoms with Gasteiger partial charge in [-0.25, -0.2) is 0 Å². The molecule has 0 unspecified atom stereocenters. The first-order valence-corrected chi connectivity index (χ1v) is 8.02. The monoisotopic (exact) mass is 298 g/mol. The van der Waals surface area contributed by atoms with Gasteiger partial charge < -0.3 is 9.47 Å². The average molecular weight is 298 g/mol. The second-order valence-corrected chi connectivity index (χ2v) is 5.42. The molecule has 4 nitrogen and oxygen atoms in total. The molecule has 0 heterocycles. The second kappa shape index (κ2) is 13.7. The van der Waals surface area contributed by atoms with Gasteiger partial charge in [-0.15, -0.1) is 6.58 Å². The van der Waals surface area contributed by atoms with Crippen LogP contribution in [0.4, 0.5) is 0 Å². The minimum Gasteiger partial charge on any atom is -0.466 e. The van der Waals surface area contributed by atoms with E-state index in [1.54, 1.807) is 0 Å². The lowest BCUT2D eigenvalue weighted by atomic mass is 10.1. The molecule has 0 spiro atoms. The minimum absolute atomic E-state index is 0.0888. The van der Waals surface area contributed by atoms with Crippen LogP contribution in [0.1, 0.15) is 71.6 Å². The normalized spacial score (nSPS) is 10.2. The molecule has 0 atom stereocenters. The summed E-state index contributed by atoms with van der Waals surface area (Å²) in [6, 6.07) is 0. The van der Waals surface area contributed by atoms with Crippen molar-refractivity contribution in [3.05, 3.63) is 12.2 Å². The largest absolute Gasteiger partial charge is 0.466 e. The maximum atomic E-state index is 11.4. The predicted molar refractivity (Wildman–Crippen MR) is 84.0 cm³/mol. The Balaban J connectivity index is 3.41. The zero-order chi connectivity index (χ0) is 15.9. The van der Waals surface area contributed by atoms with E-state index in [9.17, 15) is 9.59 Å². The molecule has 0 aromatic heterocycles. The van der Waals surface area contributed by atoms with Gasteiger partial charge >= 0.3 is 11.9 Å². The van der Waals surface area contributed by atoms with Gasteiger partial charge in [0.05, 0.1) is 26.1 Å². The quantitative estimate of drug-likeness (QED) is 0.291. The van der Waals surface area contributed by atoms with Crippen molar-refractivity contribution in [1.82, 2.24) is 0 Å². The summed E-state index contributed by atoms with van der Waals surface area (Å²) < 4.78 is 10.1. The molecule has 0 bridgehead atoms. The number of unbranched alkanes of at least 4 members (excludes halogenated alkanes) is 5. The summed E-state index contributed by atoms with van der Waals surface area (Å²) in [5.74, 6) is -0.673. The molecule has 0 N–H and O–H groups in total. The summed E-state index contributed by atoms with van der Waals surface area (Å²) in [5, 5.41) is 0. The molecule has 21 heavy (non-hydrogen) atoms. The Bertz CT molecular complexity index is 310. The Kier molecular flexibility index (Phi) is 12.8. The first-order valence-electron chi connectivity index (χ1n) is 8.02. The van der Waals surface area contributed by atoms with Gasteiger partial charge in [0.1, 0.15) is 0 Å². The van der Waals surface area contributed by atoms with Crippen molar-refractivity contribution in [3.63, 3.8) is 0 Å². The molecular formula is C17H30O4. The van der Waals surface area contributed by atoms with E-state index in [1.165, 1.54) is 25.7 Å². The molecule has 0 rings (SSSR count).